The van der Waals surface area contributed by atoms with Crippen LogP contribution in [0.5, 0.6) is 0 Å². The molecule has 5 atom stereocenters. The van der Waals surface area contributed by atoms with Crippen molar-refractivity contribution in [3.63, 3.8) is 0 Å². The van der Waals surface area contributed by atoms with Gasteiger partial charge >= 0.3 is 5.97 Å². The number of carbonyl (C=O) groups is 2. The number of esters is 1. The van der Waals surface area contributed by atoms with E-state index in [1.54, 1.807) is 0 Å². The Morgan fingerprint density at radius 1 is 1.17 bits per heavy atom. The van der Waals surface area contributed by atoms with E-state index in [1.165, 1.54) is 31.2 Å². The maximum Gasteiger partial charge on any atom is 0.323 e. The van der Waals surface area contributed by atoms with Crippen molar-refractivity contribution in [2.45, 2.75) is 83.8 Å². The summed E-state index contributed by atoms with van der Waals surface area (Å²) in [5.41, 5.74) is 1.18. The first kappa shape index (κ1) is 22.8. The van der Waals surface area contributed by atoms with Gasteiger partial charge in [0.25, 0.3) is 0 Å². The Kier molecular flexibility index (Phi) is 8.32. The molecule has 1 aliphatic heterocycles. The second-order valence-electron chi connectivity index (χ2n) is 9.10. The minimum absolute atomic E-state index is 0.112. The molecule has 3 rings (SSSR count). The highest BCUT2D eigenvalue weighted by atomic mass is 16.5. The molecule has 2 fully saturated rings. The molecule has 2 aliphatic rings. The van der Waals surface area contributed by atoms with E-state index in [1.807, 2.05) is 32.0 Å². The fraction of sp³-hybridized carbons (Fsp3) is 0.680. The van der Waals surface area contributed by atoms with E-state index in [0.29, 0.717) is 18.9 Å². The Morgan fingerprint density at radius 3 is 2.57 bits per heavy atom. The Bertz CT molecular complexity index is 693. The minimum atomic E-state index is -0.480. The first-order valence-electron chi connectivity index (χ1n) is 11.8. The molecule has 30 heavy (non-hydrogen) atoms. The summed E-state index contributed by atoms with van der Waals surface area (Å²) >= 11 is 0. The van der Waals surface area contributed by atoms with Gasteiger partial charge in [-0.2, -0.15) is 0 Å². The van der Waals surface area contributed by atoms with Crippen LogP contribution in [0.1, 0.15) is 64.9 Å². The van der Waals surface area contributed by atoms with Crippen molar-refractivity contribution in [3.8, 4) is 0 Å². The minimum Gasteiger partial charge on any atom is -0.465 e. The van der Waals surface area contributed by atoms with Crippen LogP contribution in [0.25, 0.3) is 0 Å². The van der Waals surface area contributed by atoms with Gasteiger partial charge in [-0.15, -0.1) is 0 Å². The van der Waals surface area contributed by atoms with Crippen LogP contribution < -0.4 is 5.32 Å². The van der Waals surface area contributed by atoms with Crippen LogP contribution in [0.15, 0.2) is 30.3 Å². The van der Waals surface area contributed by atoms with Crippen LogP contribution in [-0.2, 0) is 20.7 Å². The van der Waals surface area contributed by atoms with E-state index in [9.17, 15) is 9.59 Å². The molecule has 0 spiro atoms. The lowest BCUT2D eigenvalue weighted by molar-refractivity contribution is -0.147. The number of hydrogen-bond acceptors (Lipinski definition) is 4. The van der Waals surface area contributed by atoms with Gasteiger partial charge in [0, 0.05) is 12.6 Å². The standard InChI is InChI=1S/C25H38N2O3/c1-4-30-25(29)23(15-14-20-10-6-5-7-11-20)26-19(3)24(28)27-17-22-13-9-8-12-21(22)16-18(27)2/h5-7,10-11,18-19,21-23,26H,4,8-9,12-17H2,1-3H3/t18-,19-,21-,22+,23-/m0/s1. The van der Waals surface area contributed by atoms with Crippen molar-refractivity contribution in [1.82, 2.24) is 10.2 Å². The smallest absolute Gasteiger partial charge is 0.323 e. The molecule has 0 aromatic heterocycles. The normalized spacial score (nSPS) is 25.8. The Labute approximate surface area is 181 Å². The highest BCUT2D eigenvalue weighted by molar-refractivity contribution is 5.83. The van der Waals surface area contributed by atoms with Gasteiger partial charge in [-0.05, 0) is 63.9 Å². The van der Waals surface area contributed by atoms with Crippen molar-refractivity contribution in [1.29, 1.82) is 0 Å². The predicted molar refractivity (Wildman–Crippen MR) is 119 cm³/mol. The molecule has 5 heteroatoms. The Balaban J connectivity index is 1.61. The molecule has 0 radical (unpaired) electrons. The van der Waals surface area contributed by atoms with Gasteiger partial charge in [-0.1, -0.05) is 49.6 Å². The van der Waals surface area contributed by atoms with E-state index < -0.39 is 12.1 Å². The molecule has 1 N–H and O–H groups in total. The van der Waals surface area contributed by atoms with Gasteiger partial charge < -0.3 is 9.64 Å². The Hall–Kier alpha value is -1.88. The van der Waals surface area contributed by atoms with Gasteiger partial charge in [0.1, 0.15) is 6.04 Å². The van der Waals surface area contributed by atoms with E-state index in [4.69, 9.17) is 4.74 Å². The first-order valence-corrected chi connectivity index (χ1v) is 11.8. The number of benzene rings is 1. The average Bonchev–Trinajstić information content (AvgIpc) is 2.76. The molecule has 1 aromatic carbocycles. The quantitative estimate of drug-likeness (QED) is 0.654. The van der Waals surface area contributed by atoms with Gasteiger partial charge in [0.05, 0.1) is 12.6 Å². The number of ether oxygens (including phenoxy) is 1. The highest BCUT2D eigenvalue weighted by Gasteiger charge is 2.38. The lowest BCUT2D eigenvalue weighted by Crippen LogP contribution is -2.56. The second kappa shape index (κ2) is 10.9. The number of amides is 1. The van der Waals surface area contributed by atoms with E-state index >= 15 is 0 Å². The molecule has 0 bridgehead atoms. The fourth-order valence-electron chi connectivity index (χ4n) is 5.23. The maximum absolute atomic E-state index is 13.3. The summed E-state index contributed by atoms with van der Waals surface area (Å²) < 4.78 is 5.28. The summed E-state index contributed by atoms with van der Waals surface area (Å²) in [6.07, 6.45) is 7.67. The summed E-state index contributed by atoms with van der Waals surface area (Å²) in [6.45, 7) is 7.09. The number of carbonyl (C=O) groups excluding carboxylic acids is 2. The van der Waals surface area contributed by atoms with Crippen molar-refractivity contribution >= 4 is 11.9 Å². The van der Waals surface area contributed by atoms with Crippen molar-refractivity contribution in [3.05, 3.63) is 35.9 Å². The Morgan fingerprint density at radius 2 is 1.87 bits per heavy atom. The highest BCUT2D eigenvalue weighted by Crippen LogP contribution is 2.38. The zero-order valence-electron chi connectivity index (χ0n) is 18.8. The average molecular weight is 415 g/mol. The van der Waals surface area contributed by atoms with Gasteiger partial charge in [-0.3, -0.25) is 14.9 Å². The van der Waals surface area contributed by atoms with Gasteiger partial charge in [-0.25, -0.2) is 0 Å². The monoisotopic (exact) mass is 414 g/mol. The number of fused-ring (bicyclic) bond motifs is 1. The number of hydrogen-bond donors (Lipinski definition) is 1. The van der Waals surface area contributed by atoms with Crippen molar-refractivity contribution < 1.29 is 14.3 Å². The number of likely N-dealkylation sites (tertiary alicyclic amines) is 1. The molecule has 1 aliphatic carbocycles. The van der Waals surface area contributed by atoms with E-state index in [0.717, 1.165) is 25.3 Å². The summed E-state index contributed by atoms with van der Waals surface area (Å²) in [5.74, 6) is 1.26. The lowest BCUT2D eigenvalue weighted by atomic mass is 9.73. The molecular formula is C25H38N2O3. The molecular weight excluding hydrogens is 376 g/mol. The van der Waals surface area contributed by atoms with Crippen LogP contribution in [0.3, 0.4) is 0 Å². The topological polar surface area (TPSA) is 58.6 Å². The maximum atomic E-state index is 13.3. The third kappa shape index (κ3) is 5.84. The van der Waals surface area contributed by atoms with E-state index in [2.05, 4.69) is 29.3 Å². The predicted octanol–water partition coefficient (Wildman–Crippen LogP) is 3.96. The van der Waals surface area contributed by atoms with Crippen molar-refractivity contribution in [2.75, 3.05) is 13.2 Å². The molecule has 1 heterocycles. The summed E-state index contributed by atoms with van der Waals surface area (Å²) in [4.78, 5) is 27.9. The molecule has 166 valence electrons. The molecule has 0 unspecified atom stereocenters. The van der Waals surface area contributed by atoms with Crippen molar-refractivity contribution in [2.24, 2.45) is 11.8 Å². The van der Waals surface area contributed by atoms with Gasteiger partial charge in [0.2, 0.25) is 5.91 Å². The zero-order chi connectivity index (χ0) is 21.5. The lowest BCUT2D eigenvalue weighted by Gasteiger charge is -2.46. The largest absolute Gasteiger partial charge is 0.465 e. The summed E-state index contributed by atoms with van der Waals surface area (Å²) in [5, 5.41) is 3.30. The number of aryl methyl sites for hydroxylation is 1. The molecule has 1 saturated heterocycles. The summed E-state index contributed by atoms with van der Waals surface area (Å²) in [6, 6.07) is 9.51. The summed E-state index contributed by atoms with van der Waals surface area (Å²) in [7, 11) is 0. The van der Waals surface area contributed by atoms with Crippen LogP contribution >= 0.6 is 0 Å². The molecule has 1 saturated carbocycles. The fourth-order valence-corrected chi connectivity index (χ4v) is 5.23. The number of nitrogens with zero attached hydrogens (tertiary/aromatic N) is 1. The van der Waals surface area contributed by atoms with Crippen LogP contribution in [-0.4, -0.2) is 48.1 Å². The zero-order valence-corrected chi connectivity index (χ0v) is 18.8. The van der Waals surface area contributed by atoms with Gasteiger partial charge in [0.15, 0.2) is 0 Å². The molecule has 1 aromatic rings. The van der Waals surface area contributed by atoms with Crippen LogP contribution in [0, 0.1) is 11.8 Å². The van der Waals surface area contributed by atoms with E-state index in [-0.39, 0.29) is 17.9 Å². The van der Waals surface area contributed by atoms with Crippen LogP contribution in [0.4, 0.5) is 0 Å². The SMILES string of the molecule is CCOC(=O)[C@H](CCc1ccccc1)N[C@@H](C)C(=O)N1C[C@H]2CCCC[C@H]2C[C@@H]1C. The third-order valence-electron chi connectivity index (χ3n) is 6.91. The molecule has 5 nitrogen and oxygen atoms in total. The third-order valence-corrected chi connectivity index (χ3v) is 6.91. The second-order valence-corrected chi connectivity index (χ2v) is 9.10. The molecule has 1 amide bonds. The first-order chi connectivity index (χ1) is 14.5. The number of nitrogens with one attached hydrogen (secondary N) is 1. The number of rotatable bonds is 8. The van der Waals surface area contributed by atoms with Crippen LogP contribution in [0.2, 0.25) is 0 Å². The number of piperidine rings is 1.